The van der Waals surface area contributed by atoms with E-state index >= 15 is 0 Å². The molecule has 0 aliphatic heterocycles. The van der Waals surface area contributed by atoms with Crippen LogP contribution in [0.4, 0.5) is 5.69 Å². The molecule has 0 aromatic heterocycles. The predicted molar refractivity (Wildman–Crippen MR) is 66.0 cm³/mol. The second-order valence-electron chi connectivity index (χ2n) is 3.02. The Morgan fingerprint density at radius 3 is 3.07 bits per heavy atom. The van der Waals surface area contributed by atoms with Crippen molar-refractivity contribution >= 4 is 23.4 Å². The quantitative estimate of drug-likeness (QED) is 0.788. The number of nitrogens with one attached hydrogen (secondary N) is 1. The van der Waals surface area contributed by atoms with E-state index in [4.69, 9.17) is 6.42 Å². The lowest BCUT2D eigenvalue weighted by Gasteiger charge is -2.04. The van der Waals surface area contributed by atoms with Crippen molar-refractivity contribution in [1.82, 2.24) is 0 Å². The Hall–Kier alpha value is -1.40. The smallest absolute Gasteiger partial charge is 0.225 e. The number of hydrogen-bond donors (Lipinski definition) is 1. The second kappa shape index (κ2) is 6.15. The van der Waals surface area contributed by atoms with Gasteiger partial charge >= 0.3 is 0 Å². The molecular formula is C12H13NOS. The molecule has 1 aromatic rings. The lowest BCUT2D eigenvalue weighted by Crippen LogP contribution is -2.12. The van der Waals surface area contributed by atoms with Gasteiger partial charge in [0.1, 0.15) is 0 Å². The first kappa shape index (κ1) is 11.7. The molecule has 1 amide bonds. The highest BCUT2D eigenvalue weighted by molar-refractivity contribution is 7.98. The summed E-state index contributed by atoms with van der Waals surface area (Å²) < 4.78 is 0. The fourth-order valence-corrected chi connectivity index (χ4v) is 1.49. The number of thioether (sulfide) groups is 1. The normalized spacial score (nSPS) is 9.33. The maximum Gasteiger partial charge on any atom is 0.225 e. The summed E-state index contributed by atoms with van der Waals surface area (Å²) in [6.07, 6.45) is 7.77. The van der Waals surface area contributed by atoms with Crippen LogP contribution < -0.4 is 5.32 Å². The van der Waals surface area contributed by atoms with E-state index < -0.39 is 0 Å². The minimum absolute atomic E-state index is 0.0264. The van der Waals surface area contributed by atoms with Crippen LogP contribution in [0.25, 0.3) is 0 Å². The minimum atomic E-state index is 0.0264. The molecule has 0 bridgehead atoms. The summed E-state index contributed by atoms with van der Waals surface area (Å²) in [5.41, 5.74) is 1.54. The van der Waals surface area contributed by atoms with Crippen LogP contribution >= 0.6 is 11.8 Å². The van der Waals surface area contributed by atoms with Gasteiger partial charge in [-0.2, -0.15) is 11.8 Å². The summed E-state index contributed by atoms with van der Waals surface area (Å²) in [4.78, 5) is 11.4. The van der Waals surface area contributed by atoms with Crippen LogP contribution in [-0.4, -0.2) is 17.9 Å². The number of hydrogen-bond acceptors (Lipinski definition) is 2. The molecule has 15 heavy (non-hydrogen) atoms. The predicted octanol–water partition coefficient (Wildman–Crippen LogP) is 2.36. The molecular weight excluding hydrogens is 206 g/mol. The average Bonchev–Trinajstić information content (AvgIpc) is 2.26. The third-order valence-electron chi connectivity index (χ3n) is 1.85. The van der Waals surface area contributed by atoms with Crippen molar-refractivity contribution < 1.29 is 4.79 Å². The van der Waals surface area contributed by atoms with Crippen molar-refractivity contribution in [2.45, 2.75) is 6.42 Å². The lowest BCUT2D eigenvalue weighted by atomic mass is 10.2. The largest absolute Gasteiger partial charge is 0.326 e. The van der Waals surface area contributed by atoms with E-state index in [2.05, 4.69) is 11.2 Å². The van der Waals surface area contributed by atoms with Crippen molar-refractivity contribution in [2.24, 2.45) is 0 Å². The van der Waals surface area contributed by atoms with Gasteiger partial charge in [0.2, 0.25) is 5.91 Å². The van der Waals surface area contributed by atoms with Crippen LogP contribution in [0.5, 0.6) is 0 Å². The highest BCUT2D eigenvalue weighted by Crippen LogP contribution is 2.10. The molecule has 0 aliphatic carbocycles. The minimum Gasteiger partial charge on any atom is -0.326 e. The zero-order valence-electron chi connectivity index (χ0n) is 8.62. The van der Waals surface area contributed by atoms with Crippen LogP contribution in [0.15, 0.2) is 24.3 Å². The van der Waals surface area contributed by atoms with Crippen molar-refractivity contribution in [3.63, 3.8) is 0 Å². The summed E-state index contributed by atoms with van der Waals surface area (Å²) in [7, 11) is 0. The van der Waals surface area contributed by atoms with E-state index in [0.29, 0.717) is 6.42 Å². The monoisotopic (exact) mass is 219 g/mol. The van der Waals surface area contributed by atoms with Crippen LogP contribution in [-0.2, 0) is 4.79 Å². The summed E-state index contributed by atoms with van der Waals surface area (Å²) in [6.45, 7) is 0. The third kappa shape index (κ3) is 4.09. The summed E-state index contributed by atoms with van der Waals surface area (Å²) in [5.74, 6) is 3.39. The molecule has 0 spiro atoms. The lowest BCUT2D eigenvalue weighted by molar-refractivity contribution is -0.115. The molecule has 0 unspecified atom stereocenters. The molecule has 3 heteroatoms. The molecule has 1 rings (SSSR count). The first-order valence-electron chi connectivity index (χ1n) is 4.61. The summed E-state index contributed by atoms with van der Waals surface area (Å²) in [5, 5.41) is 2.80. The molecule has 0 heterocycles. The van der Waals surface area contributed by atoms with Crippen molar-refractivity contribution in [2.75, 3.05) is 17.3 Å². The highest BCUT2D eigenvalue weighted by Gasteiger charge is 2.01. The van der Waals surface area contributed by atoms with E-state index in [9.17, 15) is 4.79 Å². The first-order valence-corrected chi connectivity index (χ1v) is 6.01. The standard InChI is InChI=1S/C12H13NOS/c1-3-10-5-4-6-11(9-10)13-12(14)7-8-15-2/h1,4-6,9H,7-8H2,2H3,(H,13,14). The van der Waals surface area contributed by atoms with E-state index in [-0.39, 0.29) is 5.91 Å². The van der Waals surface area contributed by atoms with Gasteiger partial charge in [-0.3, -0.25) is 4.79 Å². The van der Waals surface area contributed by atoms with Crippen LogP contribution in [0.2, 0.25) is 0 Å². The van der Waals surface area contributed by atoms with Crippen molar-refractivity contribution in [1.29, 1.82) is 0 Å². The Labute approximate surface area is 94.5 Å². The molecule has 1 N–H and O–H groups in total. The Kier molecular flexibility index (Phi) is 4.79. The SMILES string of the molecule is C#Cc1cccc(NC(=O)CCSC)c1. The number of terminal acetylenes is 1. The van der Waals surface area contributed by atoms with Gasteiger partial charge in [-0.25, -0.2) is 0 Å². The summed E-state index contributed by atoms with van der Waals surface area (Å²) in [6, 6.07) is 7.28. The van der Waals surface area contributed by atoms with Crippen molar-refractivity contribution in [3.05, 3.63) is 29.8 Å². The van der Waals surface area contributed by atoms with Crippen LogP contribution in [0.1, 0.15) is 12.0 Å². The number of rotatable bonds is 4. The number of carbonyl (C=O) groups excluding carboxylic acids is 1. The highest BCUT2D eigenvalue weighted by atomic mass is 32.2. The van der Waals surface area contributed by atoms with Gasteiger partial charge in [-0.1, -0.05) is 12.0 Å². The third-order valence-corrected chi connectivity index (χ3v) is 2.46. The fourth-order valence-electron chi connectivity index (χ4n) is 1.10. The Balaban J connectivity index is 2.57. The van der Waals surface area contributed by atoms with Gasteiger partial charge in [0.15, 0.2) is 0 Å². The van der Waals surface area contributed by atoms with Crippen LogP contribution in [0, 0.1) is 12.3 Å². The molecule has 0 aliphatic rings. The van der Waals surface area contributed by atoms with Gasteiger partial charge in [-0.15, -0.1) is 6.42 Å². The Morgan fingerprint density at radius 1 is 1.60 bits per heavy atom. The maximum absolute atomic E-state index is 11.4. The topological polar surface area (TPSA) is 29.1 Å². The van der Waals surface area contributed by atoms with Gasteiger partial charge in [0.05, 0.1) is 0 Å². The van der Waals surface area contributed by atoms with Gasteiger partial charge in [0.25, 0.3) is 0 Å². The molecule has 0 fully saturated rings. The average molecular weight is 219 g/mol. The van der Waals surface area contributed by atoms with E-state index in [1.54, 1.807) is 17.8 Å². The molecule has 0 saturated heterocycles. The van der Waals surface area contributed by atoms with E-state index in [1.165, 1.54) is 0 Å². The number of benzene rings is 1. The fraction of sp³-hybridized carbons (Fsp3) is 0.250. The Bertz CT molecular complexity index is 381. The zero-order chi connectivity index (χ0) is 11.1. The summed E-state index contributed by atoms with van der Waals surface area (Å²) >= 11 is 1.65. The first-order chi connectivity index (χ1) is 7.26. The van der Waals surface area contributed by atoms with Gasteiger partial charge < -0.3 is 5.32 Å². The van der Waals surface area contributed by atoms with E-state index in [1.807, 2.05) is 24.5 Å². The number of anilines is 1. The van der Waals surface area contributed by atoms with Crippen molar-refractivity contribution in [3.8, 4) is 12.3 Å². The molecule has 1 aromatic carbocycles. The van der Waals surface area contributed by atoms with Crippen LogP contribution in [0.3, 0.4) is 0 Å². The number of carbonyl (C=O) groups is 1. The number of amides is 1. The molecule has 2 nitrogen and oxygen atoms in total. The second-order valence-corrected chi connectivity index (χ2v) is 4.00. The molecule has 78 valence electrons. The van der Waals surface area contributed by atoms with Gasteiger partial charge in [0, 0.05) is 23.4 Å². The Morgan fingerprint density at radius 2 is 2.40 bits per heavy atom. The zero-order valence-corrected chi connectivity index (χ0v) is 9.43. The molecule has 0 saturated carbocycles. The maximum atomic E-state index is 11.4. The molecule has 0 radical (unpaired) electrons. The molecule has 0 atom stereocenters. The van der Waals surface area contributed by atoms with Gasteiger partial charge in [-0.05, 0) is 24.5 Å². The van der Waals surface area contributed by atoms with E-state index in [0.717, 1.165) is 17.0 Å².